The molecule has 30 heavy (non-hydrogen) atoms. The molecule has 6 nitrogen and oxygen atoms in total. The average molecular weight is 402 g/mol. The number of nitrogens with one attached hydrogen (secondary N) is 1. The van der Waals surface area contributed by atoms with Crippen LogP contribution in [0.2, 0.25) is 0 Å². The predicted octanol–water partition coefficient (Wildman–Crippen LogP) is 3.90. The summed E-state index contributed by atoms with van der Waals surface area (Å²) in [5.74, 6) is -0.446. The summed E-state index contributed by atoms with van der Waals surface area (Å²) >= 11 is 0. The summed E-state index contributed by atoms with van der Waals surface area (Å²) < 4.78 is 10.3. The first-order chi connectivity index (χ1) is 14.6. The van der Waals surface area contributed by atoms with Crippen LogP contribution in [0.5, 0.6) is 11.5 Å². The zero-order chi connectivity index (χ0) is 21.3. The fourth-order valence-corrected chi connectivity index (χ4v) is 3.02. The van der Waals surface area contributed by atoms with E-state index < -0.39 is 11.9 Å². The standard InChI is InChI=1S/C24H22N2O4/c1-17(27)30-21-14-13-18(15-22(21)29-2)16-25-26-24(28)23(19-9-5-3-6-10-19)20-11-7-4-8-12-20/h3-16,23H,1-2H3,(H,26,28). The maximum absolute atomic E-state index is 12.9. The first kappa shape index (κ1) is 20.8. The van der Waals surface area contributed by atoms with Crippen LogP contribution in [0.4, 0.5) is 0 Å². The number of rotatable bonds is 7. The van der Waals surface area contributed by atoms with Gasteiger partial charge in [-0.25, -0.2) is 5.43 Å². The van der Waals surface area contributed by atoms with Crippen LogP contribution in [-0.2, 0) is 9.59 Å². The van der Waals surface area contributed by atoms with Crippen molar-refractivity contribution in [1.29, 1.82) is 0 Å². The molecule has 0 radical (unpaired) electrons. The number of amides is 1. The van der Waals surface area contributed by atoms with Crippen LogP contribution in [-0.4, -0.2) is 25.2 Å². The minimum atomic E-state index is -0.481. The van der Waals surface area contributed by atoms with Gasteiger partial charge in [-0.05, 0) is 34.9 Å². The highest BCUT2D eigenvalue weighted by Gasteiger charge is 2.22. The lowest BCUT2D eigenvalue weighted by Gasteiger charge is -2.16. The smallest absolute Gasteiger partial charge is 0.308 e. The number of benzene rings is 3. The SMILES string of the molecule is COc1cc(C=NNC(=O)C(c2ccccc2)c2ccccc2)ccc1OC(C)=O. The van der Waals surface area contributed by atoms with E-state index in [4.69, 9.17) is 9.47 Å². The second-order valence-corrected chi connectivity index (χ2v) is 6.49. The van der Waals surface area contributed by atoms with Crippen molar-refractivity contribution in [3.63, 3.8) is 0 Å². The van der Waals surface area contributed by atoms with Crippen molar-refractivity contribution in [3.05, 3.63) is 95.6 Å². The Morgan fingerprint density at radius 2 is 1.50 bits per heavy atom. The van der Waals surface area contributed by atoms with Gasteiger partial charge < -0.3 is 9.47 Å². The second-order valence-electron chi connectivity index (χ2n) is 6.49. The normalized spacial score (nSPS) is 10.8. The van der Waals surface area contributed by atoms with E-state index in [1.54, 1.807) is 18.2 Å². The van der Waals surface area contributed by atoms with Crippen LogP contribution in [0, 0.1) is 0 Å². The van der Waals surface area contributed by atoms with Gasteiger partial charge in [0.15, 0.2) is 11.5 Å². The van der Waals surface area contributed by atoms with Crippen molar-refractivity contribution in [3.8, 4) is 11.5 Å². The number of nitrogens with zero attached hydrogens (tertiary/aromatic N) is 1. The Balaban J connectivity index is 1.77. The van der Waals surface area contributed by atoms with Gasteiger partial charge in [-0.1, -0.05) is 60.7 Å². The number of esters is 1. The van der Waals surface area contributed by atoms with Crippen LogP contribution in [0.1, 0.15) is 29.5 Å². The third-order valence-corrected chi connectivity index (χ3v) is 4.36. The third kappa shape index (κ3) is 5.32. The Morgan fingerprint density at radius 1 is 0.900 bits per heavy atom. The molecule has 0 fully saturated rings. The van der Waals surface area contributed by atoms with Crippen molar-refractivity contribution < 1.29 is 19.1 Å². The lowest BCUT2D eigenvalue weighted by molar-refractivity contribution is -0.132. The molecule has 152 valence electrons. The van der Waals surface area contributed by atoms with Crippen LogP contribution in [0.15, 0.2) is 84.0 Å². The topological polar surface area (TPSA) is 77.0 Å². The largest absolute Gasteiger partial charge is 0.493 e. The van der Waals surface area contributed by atoms with Crippen LogP contribution in [0.3, 0.4) is 0 Å². The van der Waals surface area contributed by atoms with E-state index in [1.807, 2.05) is 60.7 Å². The lowest BCUT2D eigenvalue weighted by atomic mass is 9.91. The zero-order valence-electron chi connectivity index (χ0n) is 16.7. The number of hydrazone groups is 1. The third-order valence-electron chi connectivity index (χ3n) is 4.36. The first-order valence-corrected chi connectivity index (χ1v) is 9.37. The van der Waals surface area contributed by atoms with Gasteiger partial charge >= 0.3 is 5.97 Å². The van der Waals surface area contributed by atoms with Crippen LogP contribution >= 0.6 is 0 Å². The molecule has 0 atom stereocenters. The van der Waals surface area contributed by atoms with E-state index in [-0.39, 0.29) is 5.91 Å². The average Bonchev–Trinajstić information content (AvgIpc) is 2.76. The molecular formula is C24H22N2O4. The minimum absolute atomic E-state index is 0.243. The maximum atomic E-state index is 12.9. The van der Waals surface area contributed by atoms with Crippen molar-refractivity contribution in [2.75, 3.05) is 7.11 Å². The van der Waals surface area contributed by atoms with Gasteiger partial charge in [-0.15, -0.1) is 0 Å². The van der Waals surface area contributed by atoms with Crippen LogP contribution in [0.25, 0.3) is 0 Å². The molecule has 1 N–H and O–H groups in total. The number of ether oxygens (including phenoxy) is 2. The molecule has 3 aromatic carbocycles. The van der Waals surface area contributed by atoms with Gasteiger partial charge in [0.05, 0.1) is 19.2 Å². The predicted molar refractivity (Wildman–Crippen MR) is 115 cm³/mol. The van der Waals surface area contributed by atoms with Crippen molar-refractivity contribution in [2.45, 2.75) is 12.8 Å². The molecule has 0 aliphatic heterocycles. The highest BCUT2D eigenvalue weighted by atomic mass is 16.6. The number of carbonyl (C=O) groups excluding carboxylic acids is 2. The molecule has 0 heterocycles. The molecule has 1 amide bonds. The molecule has 0 unspecified atom stereocenters. The Bertz CT molecular complexity index is 994. The zero-order valence-corrected chi connectivity index (χ0v) is 16.7. The van der Waals surface area contributed by atoms with Crippen molar-refractivity contribution in [2.24, 2.45) is 5.10 Å². The summed E-state index contributed by atoms with van der Waals surface area (Å²) in [5.41, 5.74) is 5.05. The van der Waals surface area contributed by atoms with Gasteiger partial charge in [0.25, 0.3) is 5.91 Å². The van der Waals surface area contributed by atoms with Gasteiger partial charge in [-0.3, -0.25) is 9.59 Å². The Morgan fingerprint density at radius 3 is 2.03 bits per heavy atom. The van der Waals surface area contributed by atoms with Crippen molar-refractivity contribution >= 4 is 18.1 Å². The Hall–Kier alpha value is -3.93. The van der Waals surface area contributed by atoms with E-state index in [0.29, 0.717) is 17.1 Å². The molecule has 3 rings (SSSR count). The summed E-state index contributed by atoms with van der Waals surface area (Å²) in [6.45, 7) is 1.32. The molecule has 0 saturated carbocycles. The summed E-state index contributed by atoms with van der Waals surface area (Å²) in [6.07, 6.45) is 1.50. The molecule has 0 spiro atoms. The molecule has 0 bridgehead atoms. The fourth-order valence-electron chi connectivity index (χ4n) is 3.02. The summed E-state index contributed by atoms with van der Waals surface area (Å²) in [7, 11) is 1.48. The van der Waals surface area contributed by atoms with E-state index in [0.717, 1.165) is 11.1 Å². The fraction of sp³-hybridized carbons (Fsp3) is 0.125. The number of methoxy groups -OCH3 is 1. The van der Waals surface area contributed by atoms with Crippen molar-refractivity contribution in [1.82, 2.24) is 5.43 Å². The monoisotopic (exact) mass is 402 g/mol. The molecule has 0 aromatic heterocycles. The number of hydrogen-bond donors (Lipinski definition) is 1. The molecule has 0 aliphatic rings. The molecule has 0 saturated heterocycles. The summed E-state index contributed by atoms with van der Waals surface area (Å²) in [6, 6.07) is 24.1. The van der Waals surface area contributed by atoms with E-state index in [1.165, 1.54) is 20.2 Å². The lowest BCUT2D eigenvalue weighted by Crippen LogP contribution is -2.26. The number of hydrogen-bond acceptors (Lipinski definition) is 5. The van der Waals surface area contributed by atoms with Gasteiger partial charge in [0.1, 0.15) is 0 Å². The molecule has 3 aromatic rings. The van der Waals surface area contributed by atoms with E-state index in [2.05, 4.69) is 10.5 Å². The Labute approximate surface area is 175 Å². The number of carbonyl (C=O) groups is 2. The highest BCUT2D eigenvalue weighted by Crippen LogP contribution is 2.28. The molecule has 0 aliphatic carbocycles. The van der Waals surface area contributed by atoms with Crippen LogP contribution < -0.4 is 14.9 Å². The quantitative estimate of drug-likeness (QED) is 0.281. The molecule has 6 heteroatoms. The molecular weight excluding hydrogens is 380 g/mol. The second kappa shape index (κ2) is 10.0. The summed E-state index contributed by atoms with van der Waals surface area (Å²) in [5, 5.41) is 4.09. The van der Waals surface area contributed by atoms with E-state index in [9.17, 15) is 9.59 Å². The van der Waals surface area contributed by atoms with Gasteiger partial charge in [0.2, 0.25) is 0 Å². The maximum Gasteiger partial charge on any atom is 0.308 e. The summed E-state index contributed by atoms with van der Waals surface area (Å²) in [4.78, 5) is 24.1. The minimum Gasteiger partial charge on any atom is -0.493 e. The van der Waals surface area contributed by atoms with E-state index >= 15 is 0 Å². The highest BCUT2D eigenvalue weighted by molar-refractivity contribution is 5.89. The van der Waals surface area contributed by atoms with Gasteiger partial charge in [0, 0.05) is 6.92 Å². The Kier molecular flexibility index (Phi) is 6.95. The van der Waals surface area contributed by atoms with Gasteiger partial charge in [-0.2, -0.15) is 5.10 Å². The first-order valence-electron chi connectivity index (χ1n) is 9.37.